The number of rotatable bonds is 8. The van der Waals surface area contributed by atoms with E-state index in [4.69, 9.17) is 16.3 Å². The van der Waals surface area contributed by atoms with E-state index >= 15 is 0 Å². The highest BCUT2D eigenvalue weighted by Crippen LogP contribution is 2.22. The molecular weight excluding hydrogens is 374 g/mol. The van der Waals surface area contributed by atoms with Crippen molar-refractivity contribution in [2.45, 2.75) is 19.3 Å². The monoisotopic (exact) mass is 399 g/mol. The molecule has 0 radical (unpaired) electrons. The van der Waals surface area contributed by atoms with Crippen LogP contribution < -0.4 is 15.4 Å². The molecule has 3 rings (SSSR count). The van der Waals surface area contributed by atoms with Crippen LogP contribution in [0.4, 0.5) is 0 Å². The quantitative estimate of drug-likeness (QED) is 0.307. The first-order valence-electron chi connectivity index (χ1n) is 9.40. The Morgan fingerprint density at radius 1 is 1.14 bits per heavy atom. The maximum absolute atomic E-state index is 6.28. The van der Waals surface area contributed by atoms with E-state index in [0.717, 1.165) is 71.5 Å². The van der Waals surface area contributed by atoms with E-state index in [1.54, 1.807) is 14.2 Å². The van der Waals surface area contributed by atoms with Gasteiger partial charge in [0.2, 0.25) is 0 Å². The fourth-order valence-electron chi connectivity index (χ4n) is 2.98. The van der Waals surface area contributed by atoms with E-state index in [0.29, 0.717) is 0 Å². The maximum atomic E-state index is 6.28. The second-order valence-electron chi connectivity index (χ2n) is 6.44. The summed E-state index contributed by atoms with van der Waals surface area (Å²) in [5.74, 6) is 2.57. The third-order valence-corrected chi connectivity index (χ3v) is 4.84. The van der Waals surface area contributed by atoms with Crippen molar-refractivity contribution in [2.75, 3.05) is 27.2 Å². The van der Waals surface area contributed by atoms with Crippen LogP contribution in [-0.2, 0) is 12.8 Å². The van der Waals surface area contributed by atoms with Crippen LogP contribution in [0.2, 0.25) is 5.02 Å². The highest BCUT2D eigenvalue weighted by Gasteiger charge is 2.04. The van der Waals surface area contributed by atoms with E-state index in [1.165, 1.54) is 0 Å². The molecule has 0 bridgehead atoms. The molecule has 28 heavy (non-hydrogen) atoms. The van der Waals surface area contributed by atoms with Crippen molar-refractivity contribution in [1.82, 2.24) is 20.6 Å². The Hall–Kier alpha value is -2.73. The number of aromatic nitrogens is 2. The Labute approximate surface area is 170 Å². The number of aliphatic imine (C=N–C) groups is 1. The number of aromatic amines is 1. The number of methoxy groups -OCH3 is 1. The molecular formula is C21H26ClN5O. The Bertz CT molecular complexity index is 904. The molecule has 0 atom stereocenters. The molecule has 148 valence electrons. The van der Waals surface area contributed by atoms with Gasteiger partial charge in [-0.1, -0.05) is 29.8 Å². The summed E-state index contributed by atoms with van der Waals surface area (Å²) in [5.41, 5.74) is 3.18. The number of guanidine groups is 1. The van der Waals surface area contributed by atoms with E-state index < -0.39 is 0 Å². The molecule has 0 aliphatic rings. The topological polar surface area (TPSA) is 74.3 Å². The molecule has 1 heterocycles. The summed E-state index contributed by atoms with van der Waals surface area (Å²) >= 11 is 6.28. The molecule has 0 spiro atoms. The lowest BCUT2D eigenvalue weighted by Crippen LogP contribution is -2.38. The van der Waals surface area contributed by atoms with Crippen LogP contribution in [0.3, 0.4) is 0 Å². The number of para-hydroxylation sites is 2. The van der Waals surface area contributed by atoms with Gasteiger partial charge in [-0.25, -0.2) is 4.98 Å². The number of ether oxygens (including phenoxy) is 1. The Morgan fingerprint density at radius 2 is 1.96 bits per heavy atom. The molecule has 2 aromatic carbocycles. The average molecular weight is 400 g/mol. The van der Waals surface area contributed by atoms with Crippen molar-refractivity contribution >= 4 is 28.6 Å². The summed E-state index contributed by atoms with van der Waals surface area (Å²) in [6.45, 7) is 1.56. The zero-order valence-electron chi connectivity index (χ0n) is 16.3. The molecule has 0 saturated carbocycles. The van der Waals surface area contributed by atoms with E-state index in [2.05, 4.69) is 25.6 Å². The largest absolute Gasteiger partial charge is 0.497 e. The van der Waals surface area contributed by atoms with Crippen molar-refractivity contribution in [3.8, 4) is 5.75 Å². The summed E-state index contributed by atoms with van der Waals surface area (Å²) < 4.78 is 5.18. The number of hydrogen-bond donors (Lipinski definition) is 3. The molecule has 7 heteroatoms. The normalized spacial score (nSPS) is 11.6. The van der Waals surface area contributed by atoms with Crippen LogP contribution in [0.15, 0.2) is 47.5 Å². The third-order valence-electron chi connectivity index (χ3n) is 4.49. The van der Waals surface area contributed by atoms with Crippen molar-refractivity contribution in [2.24, 2.45) is 4.99 Å². The average Bonchev–Trinajstić information content (AvgIpc) is 3.13. The molecule has 0 fully saturated rings. The predicted molar refractivity (Wildman–Crippen MR) is 115 cm³/mol. The molecule has 1 aromatic heterocycles. The fourth-order valence-corrected chi connectivity index (χ4v) is 3.25. The Kier molecular flexibility index (Phi) is 7.14. The van der Waals surface area contributed by atoms with Crippen LogP contribution >= 0.6 is 11.6 Å². The molecule has 0 saturated heterocycles. The van der Waals surface area contributed by atoms with Gasteiger partial charge in [0.1, 0.15) is 11.6 Å². The van der Waals surface area contributed by atoms with Crippen LogP contribution in [0.25, 0.3) is 11.0 Å². The van der Waals surface area contributed by atoms with Gasteiger partial charge >= 0.3 is 0 Å². The summed E-state index contributed by atoms with van der Waals surface area (Å²) in [5, 5.41) is 7.37. The smallest absolute Gasteiger partial charge is 0.190 e. The first-order valence-corrected chi connectivity index (χ1v) is 9.78. The summed E-state index contributed by atoms with van der Waals surface area (Å²) in [6, 6.07) is 13.8. The van der Waals surface area contributed by atoms with E-state index in [9.17, 15) is 0 Å². The minimum atomic E-state index is 0.718. The van der Waals surface area contributed by atoms with Gasteiger partial charge in [-0.3, -0.25) is 4.99 Å². The number of imidazole rings is 1. The zero-order valence-corrected chi connectivity index (χ0v) is 17.0. The van der Waals surface area contributed by atoms with Gasteiger partial charge in [-0.2, -0.15) is 0 Å². The van der Waals surface area contributed by atoms with Crippen molar-refractivity contribution in [3.05, 3.63) is 58.9 Å². The SMILES string of the molecule is CN=C(NCCCc1nc2ccccc2[nH]1)NCCc1ccc(OC)cc1Cl. The highest BCUT2D eigenvalue weighted by molar-refractivity contribution is 6.31. The number of hydrogen-bond acceptors (Lipinski definition) is 3. The van der Waals surface area contributed by atoms with Gasteiger partial charge in [0, 0.05) is 31.6 Å². The molecule has 3 aromatic rings. The van der Waals surface area contributed by atoms with Gasteiger partial charge in [0.05, 0.1) is 18.1 Å². The number of halogens is 1. The van der Waals surface area contributed by atoms with Gasteiger partial charge in [0.15, 0.2) is 5.96 Å². The van der Waals surface area contributed by atoms with Crippen LogP contribution in [0.5, 0.6) is 5.75 Å². The molecule has 0 amide bonds. The van der Waals surface area contributed by atoms with E-state index in [1.807, 2.05) is 42.5 Å². The van der Waals surface area contributed by atoms with Crippen molar-refractivity contribution in [3.63, 3.8) is 0 Å². The van der Waals surface area contributed by atoms with E-state index in [-0.39, 0.29) is 0 Å². The Balaban J connectivity index is 1.38. The predicted octanol–water partition coefficient (Wildman–Crippen LogP) is 3.57. The van der Waals surface area contributed by atoms with Gasteiger partial charge in [0.25, 0.3) is 0 Å². The number of nitrogens with zero attached hydrogens (tertiary/aromatic N) is 2. The van der Waals surface area contributed by atoms with Gasteiger partial charge in [-0.05, 0) is 42.7 Å². The lowest BCUT2D eigenvalue weighted by Gasteiger charge is -2.12. The van der Waals surface area contributed by atoms with Gasteiger partial charge < -0.3 is 20.4 Å². The van der Waals surface area contributed by atoms with Crippen LogP contribution in [0.1, 0.15) is 17.8 Å². The second kappa shape index (κ2) is 9.99. The first kappa shape index (κ1) is 20.0. The fraction of sp³-hybridized carbons (Fsp3) is 0.333. The van der Waals surface area contributed by atoms with Crippen molar-refractivity contribution in [1.29, 1.82) is 0 Å². The molecule has 6 nitrogen and oxygen atoms in total. The highest BCUT2D eigenvalue weighted by atomic mass is 35.5. The van der Waals surface area contributed by atoms with Crippen LogP contribution in [0, 0.1) is 0 Å². The number of nitrogens with one attached hydrogen (secondary N) is 3. The molecule has 3 N–H and O–H groups in total. The number of H-pyrrole nitrogens is 1. The summed E-state index contributed by atoms with van der Waals surface area (Å²) in [4.78, 5) is 12.2. The third kappa shape index (κ3) is 5.39. The number of aryl methyl sites for hydroxylation is 1. The van der Waals surface area contributed by atoms with Gasteiger partial charge in [-0.15, -0.1) is 0 Å². The zero-order chi connectivity index (χ0) is 19.8. The number of benzene rings is 2. The lowest BCUT2D eigenvalue weighted by atomic mass is 10.1. The number of fused-ring (bicyclic) bond motifs is 1. The Morgan fingerprint density at radius 3 is 2.71 bits per heavy atom. The van der Waals surface area contributed by atoms with Crippen molar-refractivity contribution < 1.29 is 4.74 Å². The minimum Gasteiger partial charge on any atom is -0.497 e. The second-order valence-corrected chi connectivity index (χ2v) is 6.84. The summed E-state index contributed by atoms with van der Waals surface area (Å²) in [6.07, 6.45) is 2.66. The minimum absolute atomic E-state index is 0.718. The maximum Gasteiger partial charge on any atom is 0.190 e. The first-order chi connectivity index (χ1) is 13.7. The molecule has 0 unspecified atom stereocenters. The lowest BCUT2D eigenvalue weighted by molar-refractivity contribution is 0.414. The molecule has 0 aliphatic carbocycles. The van der Waals surface area contributed by atoms with Crippen LogP contribution in [-0.4, -0.2) is 43.2 Å². The summed E-state index contributed by atoms with van der Waals surface area (Å²) in [7, 11) is 3.41. The standard InChI is InChI=1S/C21H26ClN5O/c1-23-21(25-13-11-15-9-10-16(28-2)14-17(15)22)24-12-5-8-20-26-18-6-3-4-7-19(18)27-20/h3-4,6-7,9-10,14H,5,8,11-13H2,1-2H3,(H,26,27)(H2,23,24,25). The molecule has 0 aliphatic heterocycles.